The first-order valence-electron chi connectivity index (χ1n) is 6.32. The second kappa shape index (κ2) is 6.53. The van der Waals surface area contributed by atoms with Crippen LogP contribution in [0.3, 0.4) is 0 Å². The number of carbonyl (C=O) groups excluding carboxylic acids is 4. The molecule has 0 aromatic rings. The van der Waals surface area contributed by atoms with Crippen LogP contribution in [0.2, 0.25) is 0 Å². The van der Waals surface area contributed by atoms with Gasteiger partial charge in [0.1, 0.15) is 5.60 Å². The summed E-state index contributed by atoms with van der Waals surface area (Å²) in [6, 6.07) is 0. The summed E-state index contributed by atoms with van der Waals surface area (Å²) in [5, 5.41) is 12.0. The normalized spacial score (nSPS) is 16.7. The van der Waals surface area contributed by atoms with Gasteiger partial charge in [-0.2, -0.15) is 0 Å². The summed E-state index contributed by atoms with van der Waals surface area (Å²) in [5.41, 5.74) is -0.718. The van der Waals surface area contributed by atoms with Gasteiger partial charge in [0.05, 0.1) is 6.54 Å². The highest BCUT2D eigenvalue weighted by Gasteiger charge is 2.34. The third-order valence-electron chi connectivity index (χ3n) is 2.30. The molecule has 1 unspecified atom stereocenters. The Morgan fingerprint density at radius 2 is 1.81 bits per heavy atom. The maximum Gasteiger partial charge on any atom is 0.407 e. The van der Waals surface area contributed by atoms with Crippen LogP contribution in [0.15, 0.2) is 0 Å². The Morgan fingerprint density at radius 3 is 2.29 bits per heavy atom. The molecule has 9 heteroatoms. The molecule has 3 amide bonds. The van der Waals surface area contributed by atoms with E-state index in [0.717, 1.165) is 0 Å². The Hall–Kier alpha value is -2.16. The molecule has 0 radical (unpaired) electrons. The number of hydroxylamine groups is 2. The van der Waals surface area contributed by atoms with Gasteiger partial charge >= 0.3 is 12.1 Å². The maximum absolute atomic E-state index is 11.5. The summed E-state index contributed by atoms with van der Waals surface area (Å²) < 4.78 is 4.90. The quantitative estimate of drug-likeness (QED) is 0.670. The molecule has 0 aliphatic carbocycles. The van der Waals surface area contributed by atoms with Gasteiger partial charge in [-0.1, -0.05) is 0 Å². The summed E-state index contributed by atoms with van der Waals surface area (Å²) in [5.74, 6) is -2.52. The molecule has 0 aromatic carbocycles. The summed E-state index contributed by atoms with van der Waals surface area (Å²) in [4.78, 5) is 49.7. The molecule has 1 heterocycles. The molecule has 1 fully saturated rings. The number of hydrogen-bond acceptors (Lipinski definition) is 7. The zero-order valence-corrected chi connectivity index (χ0v) is 12.0. The minimum Gasteiger partial charge on any atom is -0.444 e. The van der Waals surface area contributed by atoms with E-state index >= 15 is 0 Å². The number of amides is 3. The van der Waals surface area contributed by atoms with Crippen LogP contribution >= 0.6 is 0 Å². The van der Waals surface area contributed by atoms with E-state index in [1.54, 1.807) is 20.8 Å². The molecule has 1 saturated heterocycles. The minimum absolute atomic E-state index is 0.0433. The fourth-order valence-corrected chi connectivity index (χ4v) is 1.39. The van der Waals surface area contributed by atoms with Crippen molar-refractivity contribution in [2.24, 2.45) is 0 Å². The van der Waals surface area contributed by atoms with Crippen LogP contribution in [0.5, 0.6) is 0 Å². The van der Waals surface area contributed by atoms with E-state index in [1.807, 2.05) is 0 Å². The van der Waals surface area contributed by atoms with Gasteiger partial charge in [0, 0.05) is 12.8 Å². The molecule has 1 atom stereocenters. The number of aliphatic hydroxyl groups is 1. The smallest absolute Gasteiger partial charge is 0.407 e. The molecular formula is C12H18N2O7. The second-order valence-electron chi connectivity index (χ2n) is 5.39. The molecular weight excluding hydrogens is 284 g/mol. The molecule has 0 saturated carbocycles. The number of rotatable bonds is 4. The molecule has 1 aliphatic rings. The van der Waals surface area contributed by atoms with E-state index in [-0.39, 0.29) is 12.8 Å². The number of imide groups is 1. The lowest BCUT2D eigenvalue weighted by molar-refractivity contribution is -0.203. The monoisotopic (exact) mass is 302 g/mol. The van der Waals surface area contributed by atoms with Gasteiger partial charge in [-0.3, -0.25) is 9.59 Å². The van der Waals surface area contributed by atoms with Crippen molar-refractivity contribution >= 4 is 23.9 Å². The van der Waals surface area contributed by atoms with Gasteiger partial charge in [-0.05, 0) is 20.8 Å². The Labute approximate surface area is 121 Å². The Bertz CT molecular complexity index is 439. The van der Waals surface area contributed by atoms with Crippen LogP contribution in [0.4, 0.5) is 4.79 Å². The van der Waals surface area contributed by atoms with E-state index in [9.17, 15) is 24.3 Å². The number of carbonyl (C=O) groups is 4. The van der Waals surface area contributed by atoms with Gasteiger partial charge in [-0.25, -0.2) is 9.59 Å². The van der Waals surface area contributed by atoms with Crippen molar-refractivity contribution in [3.63, 3.8) is 0 Å². The highest BCUT2D eigenvalue weighted by atomic mass is 16.7. The number of nitrogens with one attached hydrogen (secondary N) is 1. The third-order valence-corrected chi connectivity index (χ3v) is 2.30. The van der Waals surface area contributed by atoms with Crippen molar-refractivity contribution in [2.75, 3.05) is 6.54 Å². The number of nitrogens with zero attached hydrogens (tertiary/aromatic N) is 1. The molecule has 21 heavy (non-hydrogen) atoms. The minimum atomic E-state index is -1.72. The molecule has 118 valence electrons. The van der Waals surface area contributed by atoms with E-state index in [4.69, 9.17) is 4.74 Å². The second-order valence-corrected chi connectivity index (χ2v) is 5.39. The van der Waals surface area contributed by atoms with Crippen LogP contribution in [-0.2, 0) is 24.0 Å². The van der Waals surface area contributed by atoms with Crippen molar-refractivity contribution in [3.8, 4) is 0 Å². The fourth-order valence-electron chi connectivity index (χ4n) is 1.39. The molecule has 1 rings (SSSR count). The predicted octanol–water partition coefficient (Wildman–Crippen LogP) is -0.521. The van der Waals surface area contributed by atoms with Crippen LogP contribution in [-0.4, -0.2) is 52.3 Å². The maximum atomic E-state index is 11.5. The fraction of sp³-hybridized carbons (Fsp3) is 0.667. The standard InChI is InChI=1S/C12H18N2O7/c1-12(2,3)20-11(19)13-6-7(15)10(18)21-14-8(16)4-5-9(14)17/h7,15H,4-6H2,1-3H3,(H,13,19). The molecule has 0 bridgehead atoms. The topological polar surface area (TPSA) is 122 Å². The van der Waals surface area contributed by atoms with Crippen LogP contribution in [0.1, 0.15) is 33.6 Å². The Kier molecular flexibility index (Phi) is 5.25. The van der Waals surface area contributed by atoms with Gasteiger partial charge < -0.3 is 20.0 Å². The lowest BCUT2D eigenvalue weighted by atomic mass is 10.2. The van der Waals surface area contributed by atoms with Crippen LogP contribution in [0, 0.1) is 0 Å². The first-order chi connectivity index (χ1) is 9.60. The highest BCUT2D eigenvalue weighted by Crippen LogP contribution is 2.12. The largest absolute Gasteiger partial charge is 0.444 e. The van der Waals surface area contributed by atoms with Gasteiger partial charge in [0.15, 0.2) is 6.10 Å². The van der Waals surface area contributed by atoms with Crippen LogP contribution < -0.4 is 5.32 Å². The van der Waals surface area contributed by atoms with Crippen molar-refractivity contribution in [1.29, 1.82) is 0 Å². The van der Waals surface area contributed by atoms with Crippen molar-refractivity contribution in [3.05, 3.63) is 0 Å². The van der Waals surface area contributed by atoms with E-state index in [2.05, 4.69) is 10.2 Å². The highest BCUT2D eigenvalue weighted by molar-refractivity contribution is 6.01. The van der Waals surface area contributed by atoms with Crippen molar-refractivity contribution in [2.45, 2.75) is 45.3 Å². The number of alkyl carbamates (subject to hydrolysis) is 1. The third kappa shape index (κ3) is 5.38. The number of hydrogen-bond donors (Lipinski definition) is 2. The lowest BCUT2D eigenvalue weighted by Gasteiger charge is -2.20. The molecule has 2 N–H and O–H groups in total. The lowest BCUT2D eigenvalue weighted by Crippen LogP contribution is -2.43. The average molecular weight is 302 g/mol. The summed E-state index contributed by atoms with van der Waals surface area (Å²) in [6.07, 6.45) is -2.63. The SMILES string of the molecule is CC(C)(C)OC(=O)NCC(O)C(=O)ON1C(=O)CCC1=O. The molecule has 0 spiro atoms. The molecule has 0 aromatic heterocycles. The average Bonchev–Trinajstić information content (AvgIpc) is 2.65. The first kappa shape index (κ1) is 16.9. The van der Waals surface area contributed by atoms with Gasteiger partial charge in [0.25, 0.3) is 11.8 Å². The van der Waals surface area contributed by atoms with Crippen LogP contribution in [0.25, 0.3) is 0 Å². The number of aliphatic hydroxyl groups excluding tert-OH is 1. The summed E-state index contributed by atoms with van der Waals surface area (Å²) in [6.45, 7) is 4.50. The van der Waals surface area contributed by atoms with Gasteiger partial charge in [-0.15, -0.1) is 5.06 Å². The molecule has 1 aliphatic heterocycles. The summed E-state index contributed by atoms with van der Waals surface area (Å²) in [7, 11) is 0. The zero-order chi connectivity index (χ0) is 16.2. The Morgan fingerprint density at radius 1 is 1.29 bits per heavy atom. The first-order valence-corrected chi connectivity index (χ1v) is 6.32. The van der Waals surface area contributed by atoms with Crippen molar-refractivity contribution < 1.29 is 33.9 Å². The summed E-state index contributed by atoms with van der Waals surface area (Å²) >= 11 is 0. The predicted molar refractivity (Wildman–Crippen MR) is 67.4 cm³/mol. The van der Waals surface area contributed by atoms with Crippen molar-refractivity contribution in [1.82, 2.24) is 10.4 Å². The number of ether oxygens (including phenoxy) is 1. The van der Waals surface area contributed by atoms with E-state index in [1.165, 1.54) is 0 Å². The van der Waals surface area contributed by atoms with E-state index < -0.39 is 42.1 Å². The Balaban J connectivity index is 2.39. The molecule has 9 nitrogen and oxygen atoms in total. The van der Waals surface area contributed by atoms with E-state index in [0.29, 0.717) is 5.06 Å². The van der Waals surface area contributed by atoms with Gasteiger partial charge in [0.2, 0.25) is 0 Å². The zero-order valence-electron chi connectivity index (χ0n) is 12.0.